The van der Waals surface area contributed by atoms with Crippen molar-refractivity contribution in [3.63, 3.8) is 0 Å². The van der Waals surface area contributed by atoms with Crippen LogP contribution in [0.5, 0.6) is 0 Å². The molecule has 0 spiro atoms. The van der Waals surface area contributed by atoms with Gasteiger partial charge in [-0.25, -0.2) is 0 Å². The average Bonchev–Trinajstić information content (AvgIpc) is 2.39. The van der Waals surface area contributed by atoms with Gasteiger partial charge in [0.15, 0.2) is 0 Å². The molecular weight excluding hydrogens is 220 g/mol. The van der Waals surface area contributed by atoms with Crippen molar-refractivity contribution in [2.24, 2.45) is 0 Å². The number of aryl methyl sites for hydroxylation is 1. The third-order valence-electron chi connectivity index (χ3n) is 3.92. The minimum Gasteiger partial charge on any atom is -0.306 e. The lowest BCUT2D eigenvalue weighted by Crippen LogP contribution is -2.33. The zero-order chi connectivity index (χ0) is 12.8. The van der Waals surface area contributed by atoms with Gasteiger partial charge in [0, 0.05) is 18.3 Å². The van der Waals surface area contributed by atoms with E-state index in [0.29, 0.717) is 12.1 Å². The van der Waals surface area contributed by atoms with Crippen molar-refractivity contribution < 1.29 is 0 Å². The second-order valence-electron chi connectivity index (χ2n) is 5.56. The molecule has 18 heavy (non-hydrogen) atoms. The molecule has 0 fully saturated rings. The Balaban J connectivity index is 1.90. The zero-order valence-electron chi connectivity index (χ0n) is 11.8. The standard InChI is InChI=1S/C16H26N2/c1-3-4-5-8-13(2)18-15-11-6-9-14-10-7-12-17-16(14)15/h7,10,12-13,15,18H,3-6,8-9,11H2,1-2H3. The predicted octanol–water partition coefficient (Wildman–Crippen LogP) is 4.02. The van der Waals surface area contributed by atoms with Gasteiger partial charge in [0.1, 0.15) is 0 Å². The number of unbranched alkanes of at least 4 members (excludes halogenated alkanes) is 2. The van der Waals surface area contributed by atoms with Gasteiger partial charge in [-0.3, -0.25) is 4.98 Å². The van der Waals surface area contributed by atoms with Crippen molar-refractivity contribution in [2.75, 3.05) is 0 Å². The number of pyridine rings is 1. The molecule has 1 aromatic rings. The van der Waals surface area contributed by atoms with E-state index in [1.54, 1.807) is 0 Å². The summed E-state index contributed by atoms with van der Waals surface area (Å²) < 4.78 is 0. The molecule has 0 saturated carbocycles. The highest BCUT2D eigenvalue weighted by atomic mass is 15.0. The Morgan fingerprint density at radius 1 is 1.44 bits per heavy atom. The Hall–Kier alpha value is -0.890. The minimum absolute atomic E-state index is 0.478. The summed E-state index contributed by atoms with van der Waals surface area (Å²) in [5.41, 5.74) is 2.74. The van der Waals surface area contributed by atoms with Crippen LogP contribution in [-0.2, 0) is 6.42 Å². The molecule has 0 aliphatic heterocycles. The van der Waals surface area contributed by atoms with Crippen molar-refractivity contribution in [2.45, 2.75) is 70.9 Å². The van der Waals surface area contributed by atoms with Crippen molar-refractivity contribution in [3.8, 4) is 0 Å². The van der Waals surface area contributed by atoms with Crippen LogP contribution in [-0.4, -0.2) is 11.0 Å². The van der Waals surface area contributed by atoms with E-state index in [1.165, 1.54) is 56.2 Å². The maximum absolute atomic E-state index is 4.59. The molecule has 1 aliphatic rings. The molecule has 1 aliphatic carbocycles. The smallest absolute Gasteiger partial charge is 0.0605 e. The highest BCUT2D eigenvalue weighted by molar-refractivity contribution is 5.25. The van der Waals surface area contributed by atoms with Gasteiger partial charge in [-0.1, -0.05) is 32.3 Å². The molecule has 1 aromatic heterocycles. The maximum atomic E-state index is 4.59. The summed E-state index contributed by atoms with van der Waals surface area (Å²) in [6.07, 6.45) is 10.9. The summed E-state index contributed by atoms with van der Waals surface area (Å²) in [5.74, 6) is 0. The molecule has 0 aromatic carbocycles. The number of hydrogen-bond acceptors (Lipinski definition) is 2. The summed E-state index contributed by atoms with van der Waals surface area (Å²) in [7, 11) is 0. The maximum Gasteiger partial charge on any atom is 0.0605 e. The molecule has 0 amide bonds. The van der Waals surface area contributed by atoms with E-state index in [9.17, 15) is 0 Å². The zero-order valence-corrected chi connectivity index (χ0v) is 11.8. The summed E-state index contributed by atoms with van der Waals surface area (Å²) in [4.78, 5) is 4.59. The molecule has 2 atom stereocenters. The lowest BCUT2D eigenvalue weighted by Gasteiger charge is -2.28. The fourth-order valence-electron chi connectivity index (χ4n) is 2.90. The summed E-state index contributed by atoms with van der Waals surface area (Å²) in [5, 5.41) is 3.77. The lowest BCUT2D eigenvalue weighted by molar-refractivity contribution is 0.380. The fourth-order valence-corrected chi connectivity index (χ4v) is 2.90. The van der Waals surface area contributed by atoms with Crippen LogP contribution in [0, 0.1) is 0 Å². The second-order valence-corrected chi connectivity index (χ2v) is 5.56. The van der Waals surface area contributed by atoms with Gasteiger partial charge in [0.25, 0.3) is 0 Å². The summed E-state index contributed by atoms with van der Waals surface area (Å²) in [6.45, 7) is 4.58. The third kappa shape index (κ3) is 3.55. The quantitative estimate of drug-likeness (QED) is 0.767. The number of rotatable bonds is 6. The first-order valence-corrected chi connectivity index (χ1v) is 7.51. The third-order valence-corrected chi connectivity index (χ3v) is 3.92. The predicted molar refractivity (Wildman–Crippen MR) is 76.7 cm³/mol. The van der Waals surface area contributed by atoms with Crippen molar-refractivity contribution in [1.82, 2.24) is 10.3 Å². The van der Waals surface area contributed by atoms with Gasteiger partial charge >= 0.3 is 0 Å². The highest BCUT2D eigenvalue weighted by Gasteiger charge is 2.22. The van der Waals surface area contributed by atoms with Crippen LogP contribution < -0.4 is 5.32 Å². The van der Waals surface area contributed by atoms with Gasteiger partial charge in [0.05, 0.1) is 5.69 Å². The normalized spacial score (nSPS) is 20.4. The molecule has 1 heterocycles. The number of nitrogens with one attached hydrogen (secondary N) is 1. The van der Waals surface area contributed by atoms with E-state index >= 15 is 0 Å². The number of fused-ring (bicyclic) bond motifs is 1. The van der Waals surface area contributed by atoms with E-state index < -0.39 is 0 Å². The van der Waals surface area contributed by atoms with Crippen molar-refractivity contribution in [1.29, 1.82) is 0 Å². The largest absolute Gasteiger partial charge is 0.306 e. The van der Waals surface area contributed by atoms with Gasteiger partial charge < -0.3 is 5.32 Å². The van der Waals surface area contributed by atoms with Crippen LogP contribution in [0.1, 0.15) is 69.7 Å². The van der Waals surface area contributed by atoms with Crippen LogP contribution in [0.15, 0.2) is 18.3 Å². The van der Waals surface area contributed by atoms with E-state index in [0.717, 1.165) is 0 Å². The minimum atomic E-state index is 0.478. The van der Waals surface area contributed by atoms with E-state index in [4.69, 9.17) is 0 Å². The Kier molecular flexibility index (Phi) is 5.18. The molecule has 1 N–H and O–H groups in total. The molecule has 2 nitrogen and oxygen atoms in total. The van der Waals surface area contributed by atoms with E-state index in [1.807, 2.05) is 6.20 Å². The molecule has 0 saturated heterocycles. The Labute approximate surface area is 111 Å². The molecular formula is C16H26N2. The van der Waals surface area contributed by atoms with E-state index in [-0.39, 0.29) is 0 Å². The first kappa shape index (κ1) is 13.5. The summed E-state index contributed by atoms with van der Waals surface area (Å²) in [6, 6.07) is 5.38. The molecule has 2 unspecified atom stereocenters. The monoisotopic (exact) mass is 246 g/mol. The first-order valence-electron chi connectivity index (χ1n) is 7.51. The van der Waals surface area contributed by atoms with Gasteiger partial charge in [-0.2, -0.15) is 0 Å². The van der Waals surface area contributed by atoms with Crippen LogP contribution >= 0.6 is 0 Å². The summed E-state index contributed by atoms with van der Waals surface area (Å²) >= 11 is 0. The van der Waals surface area contributed by atoms with Crippen molar-refractivity contribution >= 4 is 0 Å². The van der Waals surface area contributed by atoms with Crippen LogP contribution in [0.3, 0.4) is 0 Å². The molecule has 2 heteroatoms. The first-order chi connectivity index (χ1) is 8.81. The van der Waals surface area contributed by atoms with Crippen molar-refractivity contribution in [3.05, 3.63) is 29.6 Å². The van der Waals surface area contributed by atoms with Crippen LogP contribution in [0.25, 0.3) is 0 Å². The fraction of sp³-hybridized carbons (Fsp3) is 0.688. The molecule has 100 valence electrons. The van der Waals surface area contributed by atoms with Gasteiger partial charge in [-0.05, 0) is 44.2 Å². The van der Waals surface area contributed by atoms with Gasteiger partial charge in [-0.15, -0.1) is 0 Å². The Morgan fingerprint density at radius 2 is 2.33 bits per heavy atom. The average molecular weight is 246 g/mol. The Morgan fingerprint density at radius 3 is 3.17 bits per heavy atom. The topological polar surface area (TPSA) is 24.9 Å². The van der Waals surface area contributed by atoms with Crippen LogP contribution in [0.4, 0.5) is 0 Å². The number of hydrogen-bond donors (Lipinski definition) is 1. The molecule has 0 bridgehead atoms. The molecule has 0 radical (unpaired) electrons. The second kappa shape index (κ2) is 6.89. The van der Waals surface area contributed by atoms with Gasteiger partial charge in [0.2, 0.25) is 0 Å². The van der Waals surface area contributed by atoms with E-state index in [2.05, 4.69) is 36.3 Å². The number of nitrogens with zero attached hydrogens (tertiary/aromatic N) is 1. The Bertz CT molecular complexity index is 362. The SMILES string of the molecule is CCCCCC(C)NC1CCCc2cccnc21. The van der Waals surface area contributed by atoms with Crippen LogP contribution in [0.2, 0.25) is 0 Å². The molecule has 2 rings (SSSR count). The lowest BCUT2D eigenvalue weighted by atomic mass is 9.91. The number of aromatic nitrogens is 1. The highest BCUT2D eigenvalue weighted by Crippen LogP contribution is 2.28.